The Morgan fingerprint density at radius 1 is 1.14 bits per heavy atom. The second-order valence-electron chi connectivity index (χ2n) is 3.67. The molecule has 1 N–H and O–H groups in total. The number of hydrogen-bond donors (Lipinski definition) is 1. The molecular formula is C10H22F2N2. The lowest BCUT2D eigenvalue weighted by atomic mass is 10.2. The van der Waals surface area contributed by atoms with Crippen LogP contribution in [0.25, 0.3) is 0 Å². The zero-order valence-corrected chi connectivity index (χ0v) is 9.23. The van der Waals surface area contributed by atoms with Crippen LogP contribution in [-0.4, -0.2) is 45.1 Å². The van der Waals surface area contributed by atoms with Crippen LogP contribution in [0.1, 0.15) is 25.7 Å². The average Bonchev–Trinajstić information content (AvgIpc) is 2.10. The third kappa shape index (κ3) is 9.86. The standard InChI is InChI=1S/C10H22F2N2/c1-13-7-5-3-4-6-8-14(2)9-10(11)12/h10,13H,3-9H2,1-2H3. The van der Waals surface area contributed by atoms with Crippen molar-refractivity contribution in [3.63, 3.8) is 0 Å². The quantitative estimate of drug-likeness (QED) is 0.583. The molecule has 0 aliphatic heterocycles. The van der Waals surface area contributed by atoms with E-state index in [1.54, 1.807) is 11.9 Å². The first-order valence-electron chi connectivity index (χ1n) is 5.28. The van der Waals surface area contributed by atoms with Crippen LogP contribution in [0, 0.1) is 0 Å². The molecule has 0 aromatic rings. The summed E-state index contributed by atoms with van der Waals surface area (Å²) in [6.07, 6.45) is 2.31. The summed E-state index contributed by atoms with van der Waals surface area (Å²) in [6, 6.07) is 0. The van der Waals surface area contributed by atoms with E-state index in [1.165, 1.54) is 12.8 Å². The first-order chi connectivity index (χ1) is 6.66. The summed E-state index contributed by atoms with van der Waals surface area (Å²) in [5.74, 6) is 0. The lowest BCUT2D eigenvalue weighted by Crippen LogP contribution is -2.25. The van der Waals surface area contributed by atoms with Crippen molar-refractivity contribution in [1.82, 2.24) is 10.2 Å². The van der Waals surface area contributed by atoms with E-state index in [2.05, 4.69) is 5.32 Å². The highest BCUT2D eigenvalue weighted by atomic mass is 19.3. The maximum absolute atomic E-state index is 11.9. The van der Waals surface area contributed by atoms with Crippen molar-refractivity contribution in [3.8, 4) is 0 Å². The molecule has 14 heavy (non-hydrogen) atoms. The van der Waals surface area contributed by atoms with Gasteiger partial charge in [-0.25, -0.2) is 8.78 Å². The largest absolute Gasteiger partial charge is 0.320 e. The highest BCUT2D eigenvalue weighted by Gasteiger charge is 2.06. The molecular weight excluding hydrogens is 186 g/mol. The first-order valence-corrected chi connectivity index (χ1v) is 5.28. The number of halogens is 2. The second-order valence-corrected chi connectivity index (χ2v) is 3.67. The fourth-order valence-electron chi connectivity index (χ4n) is 1.36. The van der Waals surface area contributed by atoms with E-state index in [0.29, 0.717) is 0 Å². The molecule has 0 aliphatic carbocycles. The SMILES string of the molecule is CNCCCCCCN(C)CC(F)F. The number of hydrogen-bond acceptors (Lipinski definition) is 2. The minimum Gasteiger partial charge on any atom is -0.320 e. The van der Waals surface area contributed by atoms with Gasteiger partial charge in [-0.15, -0.1) is 0 Å². The zero-order chi connectivity index (χ0) is 10.8. The van der Waals surface area contributed by atoms with Crippen molar-refractivity contribution < 1.29 is 8.78 Å². The van der Waals surface area contributed by atoms with Crippen LogP contribution in [0.4, 0.5) is 8.78 Å². The van der Waals surface area contributed by atoms with Gasteiger partial charge in [0.05, 0.1) is 6.54 Å². The minimum absolute atomic E-state index is 0.101. The summed E-state index contributed by atoms with van der Waals surface area (Å²) in [7, 11) is 3.69. The van der Waals surface area contributed by atoms with E-state index < -0.39 is 6.43 Å². The van der Waals surface area contributed by atoms with Crippen LogP contribution in [-0.2, 0) is 0 Å². The van der Waals surface area contributed by atoms with Gasteiger partial charge >= 0.3 is 0 Å². The van der Waals surface area contributed by atoms with Gasteiger partial charge in [0.1, 0.15) is 0 Å². The predicted octanol–water partition coefficient (Wildman–Crippen LogP) is 1.96. The predicted molar refractivity (Wildman–Crippen MR) is 55.9 cm³/mol. The molecule has 4 heteroatoms. The van der Waals surface area contributed by atoms with Crippen LogP contribution in [0.15, 0.2) is 0 Å². The Bertz CT molecular complexity index is 121. The summed E-state index contributed by atoms with van der Waals surface area (Å²) in [5, 5.41) is 3.08. The van der Waals surface area contributed by atoms with Crippen LogP contribution in [0.5, 0.6) is 0 Å². The molecule has 0 saturated carbocycles. The van der Waals surface area contributed by atoms with Crippen molar-refractivity contribution in [2.75, 3.05) is 33.7 Å². The summed E-state index contributed by atoms with van der Waals surface area (Å²) in [4.78, 5) is 1.70. The number of alkyl halides is 2. The molecule has 0 unspecified atom stereocenters. The third-order valence-corrected chi connectivity index (χ3v) is 2.17. The molecule has 86 valence electrons. The molecule has 0 rings (SSSR count). The maximum atomic E-state index is 11.9. The van der Waals surface area contributed by atoms with E-state index in [1.807, 2.05) is 7.05 Å². The molecule has 0 aromatic carbocycles. The molecule has 0 amide bonds. The Kier molecular flexibility index (Phi) is 9.19. The van der Waals surface area contributed by atoms with E-state index in [9.17, 15) is 8.78 Å². The fourth-order valence-corrected chi connectivity index (χ4v) is 1.36. The number of nitrogens with zero attached hydrogens (tertiary/aromatic N) is 1. The third-order valence-electron chi connectivity index (χ3n) is 2.17. The van der Waals surface area contributed by atoms with Gasteiger partial charge < -0.3 is 10.2 Å². The van der Waals surface area contributed by atoms with Gasteiger partial charge in [0.2, 0.25) is 0 Å². The summed E-state index contributed by atoms with van der Waals surface area (Å²) in [5.41, 5.74) is 0. The molecule has 2 nitrogen and oxygen atoms in total. The van der Waals surface area contributed by atoms with Crippen molar-refractivity contribution in [2.45, 2.75) is 32.1 Å². The molecule has 0 bridgehead atoms. The van der Waals surface area contributed by atoms with Crippen molar-refractivity contribution in [2.24, 2.45) is 0 Å². The van der Waals surface area contributed by atoms with Gasteiger partial charge in [-0.3, -0.25) is 0 Å². The maximum Gasteiger partial charge on any atom is 0.251 e. The molecule has 0 atom stereocenters. The van der Waals surface area contributed by atoms with Gasteiger partial charge in [0.15, 0.2) is 0 Å². The Morgan fingerprint density at radius 2 is 1.79 bits per heavy atom. The van der Waals surface area contributed by atoms with E-state index >= 15 is 0 Å². The Morgan fingerprint density at radius 3 is 2.36 bits per heavy atom. The van der Waals surface area contributed by atoms with Crippen molar-refractivity contribution in [1.29, 1.82) is 0 Å². The zero-order valence-electron chi connectivity index (χ0n) is 9.23. The molecule has 0 fully saturated rings. The molecule has 0 heterocycles. The number of rotatable bonds is 9. The topological polar surface area (TPSA) is 15.3 Å². The lowest BCUT2D eigenvalue weighted by Gasteiger charge is -2.15. The van der Waals surface area contributed by atoms with Crippen molar-refractivity contribution >= 4 is 0 Å². The second kappa shape index (κ2) is 9.34. The Hall–Kier alpha value is -0.220. The lowest BCUT2D eigenvalue weighted by molar-refractivity contribution is 0.0995. The Balaban J connectivity index is 3.10. The number of nitrogens with one attached hydrogen (secondary N) is 1. The average molecular weight is 208 g/mol. The monoisotopic (exact) mass is 208 g/mol. The van der Waals surface area contributed by atoms with Crippen LogP contribution >= 0.6 is 0 Å². The summed E-state index contributed by atoms with van der Waals surface area (Å²) >= 11 is 0. The fraction of sp³-hybridized carbons (Fsp3) is 1.00. The smallest absolute Gasteiger partial charge is 0.251 e. The van der Waals surface area contributed by atoms with Crippen LogP contribution in [0.3, 0.4) is 0 Å². The van der Waals surface area contributed by atoms with E-state index in [0.717, 1.165) is 25.9 Å². The van der Waals surface area contributed by atoms with Crippen molar-refractivity contribution in [3.05, 3.63) is 0 Å². The van der Waals surface area contributed by atoms with Gasteiger partial charge in [-0.2, -0.15) is 0 Å². The molecule has 0 saturated heterocycles. The van der Waals surface area contributed by atoms with Crippen LogP contribution in [0.2, 0.25) is 0 Å². The van der Waals surface area contributed by atoms with Gasteiger partial charge in [0, 0.05) is 0 Å². The van der Waals surface area contributed by atoms with E-state index in [4.69, 9.17) is 0 Å². The highest BCUT2D eigenvalue weighted by molar-refractivity contribution is 4.54. The van der Waals surface area contributed by atoms with Gasteiger partial charge in [-0.1, -0.05) is 12.8 Å². The van der Waals surface area contributed by atoms with Gasteiger partial charge in [0.25, 0.3) is 6.43 Å². The molecule has 0 aliphatic rings. The number of unbranched alkanes of at least 4 members (excludes halogenated alkanes) is 3. The highest BCUT2D eigenvalue weighted by Crippen LogP contribution is 2.02. The molecule has 0 radical (unpaired) electrons. The van der Waals surface area contributed by atoms with Gasteiger partial charge in [-0.05, 0) is 40.0 Å². The molecule has 0 spiro atoms. The normalized spacial score (nSPS) is 11.6. The Labute approximate surface area is 85.7 Å². The van der Waals surface area contributed by atoms with Crippen LogP contribution < -0.4 is 5.32 Å². The molecule has 0 aromatic heterocycles. The summed E-state index contributed by atoms with van der Waals surface area (Å²) < 4.78 is 23.8. The minimum atomic E-state index is -2.20. The van der Waals surface area contributed by atoms with E-state index in [-0.39, 0.29) is 6.54 Å². The first kappa shape index (κ1) is 13.8. The summed E-state index contributed by atoms with van der Waals surface area (Å²) in [6.45, 7) is 1.73.